The first-order chi connectivity index (χ1) is 18.4. The van der Waals surface area contributed by atoms with E-state index in [1.54, 1.807) is 31.8 Å². The van der Waals surface area contributed by atoms with Gasteiger partial charge in [-0.3, -0.25) is 4.99 Å². The Kier molecular flexibility index (Phi) is 8.18. The summed E-state index contributed by atoms with van der Waals surface area (Å²) < 4.78 is 18.7. The molecule has 2 aromatic heterocycles. The average Bonchev–Trinajstić information content (AvgIpc) is 3.29. The third-order valence-corrected chi connectivity index (χ3v) is 5.62. The van der Waals surface area contributed by atoms with Crippen molar-refractivity contribution in [1.82, 2.24) is 24.7 Å². The molecule has 0 bridgehead atoms. The number of nitrogen functional groups attached to an aromatic ring is 1. The van der Waals surface area contributed by atoms with Crippen molar-refractivity contribution in [3.63, 3.8) is 0 Å². The van der Waals surface area contributed by atoms with Crippen LogP contribution in [-0.2, 0) is 6.42 Å². The first-order valence-corrected chi connectivity index (χ1v) is 12.0. The van der Waals surface area contributed by atoms with E-state index in [-0.39, 0.29) is 12.6 Å². The number of rotatable bonds is 10. The molecule has 2 N–H and O–H groups in total. The summed E-state index contributed by atoms with van der Waals surface area (Å²) in [7, 11) is 3.30. The molecule has 2 aromatic carbocycles. The van der Waals surface area contributed by atoms with Crippen molar-refractivity contribution in [2.24, 2.45) is 4.99 Å². The van der Waals surface area contributed by atoms with Gasteiger partial charge in [0.15, 0.2) is 17.3 Å². The summed E-state index contributed by atoms with van der Waals surface area (Å²) in [6.07, 6.45) is 6.09. The quantitative estimate of drug-likeness (QED) is 0.254. The smallest absolute Gasteiger partial charge is 0.240 e. The highest BCUT2D eigenvalue weighted by atomic mass is 16.5. The standard InChI is InChI=1S/C28H29N7O3/c1-6-20-10-8-9-11-21(20)22(30-4)17-38-27-16-26(31-18(3)32-27)35-25(33-28(29)34-35)15-19-12-13-23(36-5)24(14-19)37-7-2/h1,8-14,16H,7,15,17H2,2-5H3,(H2,29,34). The van der Waals surface area contributed by atoms with Gasteiger partial charge in [0, 0.05) is 30.7 Å². The van der Waals surface area contributed by atoms with E-state index in [1.165, 1.54) is 0 Å². The fourth-order valence-electron chi connectivity index (χ4n) is 3.92. The Morgan fingerprint density at radius 1 is 1.08 bits per heavy atom. The molecule has 0 saturated carbocycles. The van der Waals surface area contributed by atoms with E-state index in [0.717, 1.165) is 16.7 Å². The number of aromatic nitrogens is 5. The van der Waals surface area contributed by atoms with Crippen LogP contribution in [0, 0.1) is 19.3 Å². The molecule has 4 rings (SSSR count). The van der Waals surface area contributed by atoms with Gasteiger partial charge in [0.2, 0.25) is 11.8 Å². The number of benzene rings is 2. The summed E-state index contributed by atoms with van der Waals surface area (Å²) in [4.78, 5) is 17.8. The first kappa shape index (κ1) is 26.2. The predicted octanol–water partition coefficient (Wildman–Crippen LogP) is 3.43. The summed E-state index contributed by atoms with van der Waals surface area (Å²) in [5.41, 5.74) is 9.20. The van der Waals surface area contributed by atoms with Gasteiger partial charge in [-0.15, -0.1) is 11.5 Å². The van der Waals surface area contributed by atoms with E-state index in [9.17, 15) is 0 Å². The third kappa shape index (κ3) is 5.90. The zero-order valence-corrected chi connectivity index (χ0v) is 21.8. The lowest BCUT2D eigenvalue weighted by molar-refractivity contribution is 0.310. The van der Waals surface area contributed by atoms with Crippen molar-refractivity contribution in [3.8, 4) is 35.5 Å². The Hall–Kier alpha value is -4.91. The van der Waals surface area contributed by atoms with Gasteiger partial charge in [0.1, 0.15) is 18.3 Å². The minimum Gasteiger partial charge on any atom is -0.493 e. The highest BCUT2D eigenvalue weighted by Crippen LogP contribution is 2.29. The van der Waals surface area contributed by atoms with Crippen LogP contribution in [0.2, 0.25) is 0 Å². The maximum Gasteiger partial charge on any atom is 0.240 e. The van der Waals surface area contributed by atoms with Gasteiger partial charge >= 0.3 is 0 Å². The molecule has 0 fully saturated rings. The molecule has 10 heteroatoms. The van der Waals surface area contributed by atoms with E-state index in [2.05, 4.69) is 31.0 Å². The maximum absolute atomic E-state index is 6.02. The highest BCUT2D eigenvalue weighted by Gasteiger charge is 2.16. The van der Waals surface area contributed by atoms with Gasteiger partial charge in [-0.25, -0.2) is 4.98 Å². The van der Waals surface area contributed by atoms with E-state index in [4.69, 9.17) is 26.4 Å². The molecule has 10 nitrogen and oxygen atoms in total. The minimum atomic E-state index is 0.128. The maximum atomic E-state index is 6.02. The van der Waals surface area contributed by atoms with Gasteiger partial charge in [-0.1, -0.05) is 30.2 Å². The van der Waals surface area contributed by atoms with Crippen LogP contribution >= 0.6 is 0 Å². The number of anilines is 1. The number of nitrogens with two attached hydrogens (primary N) is 1. The number of hydrogen-bond donors (Lipinski definition) is 1. The number of aliphatic imine (C=N–C) groups is 1. The van der Waals surface area contributed by atoms with Gasteiger partial charge in [0.05, 0.1) is 19.4 Å². The van der Waals surface area contributed by atoms with Crippen LogP contribution in [0.25, 0.3) is 5.82 Å². The molecule has 0 amide bonds. The van der Waals surface area contributed by atoms with E-state index in [1.807, 2.05) is 49.4 Å². The molecule has 4 aromatic rings. The van der Waals surface area contributed by atoms with E-state index in [0.29, 0.717) is 53.6 Å². The Balaban J connectivity index is 1.60. The summed E-state index contributed by atoms with van der Waals surface area (Å²) in [5, 5.41) is 4.37. The summed E-state index contributed by atoms with van der Waals surface area (Å²) in [6, 6.07) is 15.0. The number of terminal acetylenes is 1. The number of methoxy groups -OCH3 is 1. The molecule has 0 saturated heterocycles. The monoisotopic (exact) mass is 511 g/mol. The number of hydrogen-bond acceptors (Lipinski definition) is 9. The molecule has 0 atom stereocenters. The zero-order valence-electron chi connectivity index (χ0n) is 21.8. The van der Waals surface area contributed by atoms with Gasteiger partial charge < -0.3 is 19.9 Å². The Bertz CT molecular complexity index is 1500. The lowest BCUT2D eigenvalue weighted by Crippen LogP contribution is -2.16. The number of ether oxygens (including phenoxy) is 3. The van der Waals surface area contributed by atoms with Crippen molar-refractivity contribution in [2.45, 2.75) is 20.3 Å². The predicted molar refractivity (Wildman–Crippen MR) is 145 cm³/mol. The fraction of sp³-hybridized carbons (Fsp3) is 0.250. The normalized spacial score (nSPS) is 11.2. The average molecular weight is 512 g/mol. The SMILES string of the molecule is C#Cc1ccccc1C(COc1cc(-n2nc(N)nc2Cc2ccc(OC)c(OCC)c2)nc(C)n1)=NC. The van der Waals surface area contributed by atoms with Crippen molar-refractivity contribution in [3.05, 3.63) is 76.9 Å². The van der Waals surface area contributed by atoms with Gasteiger partial charge in [-0.05, 0) is 37.6 Å². The molecule has 0 aliphatic carbocycles. The molecule has 38 heavy (non-hydrogen) atoms. The van der Waals surface area contributed by atoms with Gasteiger partial charge in [0.25, 0.3) is 0 Å². The van der Waals surface area contributed by atoms with Crippen molar-refractivity contribution in [1.29, 1.82) is 0 Å². The van der Waals surface area contributed by atoms with Crippen LogP contribution in [0.15, 0.2) is 53.5 Å². The van der Waals surface area contributed by atoms with Crippen LogP contribution in [0.5, 0.6) is 17.4 Å². The lowest BCUT2D eigenvalue weighted by atomic mass is 10.0. The summed E-state index contributed by atoms with van der Waals surface area (Å²) in [6.45, 7) is 4.38. The third-order valence-electron chi connectivity index (χ3n) is 5.62. The highest BCUT2D eigenvalue weighted by molar-refractivity contribution is 6.03. The van der Waals surface area contributed by atoms with Crippen LogP contribution in [0.1, 0.15) is 35.3 Å². The topological polar surface area (TPSA) is 123 Å². The van der Waals surface area contributed by atoms with Crippen LogP contribution < -0.4 is 19.9 Å². The van der Waals surface area contributed by atoms with Crippen molar-refractivity contribution < 1.29 is 14.2 Å². The molecule has 0 spiro atoms. The Morgan fingerprint density at radius 3 is 2.63 bits per heavy atom. The molecule has 0 unspecified atom stereocenters. The molecule has 0 radical (unpaired) electrons. The van der Waals surface area contributed by atoms with Gasteiger partial charge in [-0.2, -0.15) is 14.6 Å². The second kappa shape index (κ2) is 11.9. The van der Waals surface area contributed by atoms with Crippen molar-refractivity contribution >= 4 is 11.7 Å². The van der Waals surface area contributed by atoms with Crippen LogP contribution in [0.4, 0.5) is 5.95 Å². The van der Waals surface area contributed by atoms with E-state index >= 15 is 0 Å². The second-order valence-electron chi connectivity index (χ2n) is 8.15. The minimum absolute atomic E-state index is 0.128. The molecule has 2 heterocycles. The zero-order chi connectivity index (χ0) is 27.1. The van der Waals surface area contributed by atoms with Crippen molar-refractivity contribution in [2.75, 3.05) is 33.1 Å². The largest absolute Gasteiger partial charge is 0.493 e. The Morgan fingerprint density at radius 2 is 1.89 bits per heavy atom. The molecular formula is C28H29N7O3. The summed E-state index contributed by atoms with van der Waals surface area (Å²) >= 11 is 0. The first-order valence-electron chi connectivity index (χ1n) is 12.0. The molecule has 0 aliphatic heterocycles. The summed E-state index contributed by atoms with van der Waals surface area (Å²) in [5.74, 6) is 6.05. The second-order valence-corrected chi connectivity index (χ2v) is 8.15. The molecule has 194 valence electrons. The fourth-order valence-corrected chi connectivity index (χ4v) is 3.92. The molecular weight excluding hydrogens is 482 g/mol. The lowest BCUT2D eigenvalue weighted by Gasteiger charge is -2.12. The van der Waals surface area contributed by atoms with Crippen LogP contribution in [-0.4, -0.2) is 57.8 Å². The number of aryl methyl sites for hydroxylation is 1. The molecule has 0 aliphatic rings. The number of nitrogens with zero attached hydrogens (tertiary/aromatic N) is 6. The Labute approximate surface area is 221 Å². The van der Waals surface area contributed by atoms with Crippen LogP contribution in [0.3, 0.4) is 0 Å². The van der Waals surface area contributed by atoms with E-state index < -0.39 is 0 Å².